The largest absolute Gasteiger partial charge is 0.347 e. The highest BCUT2D eigenvalue weighted by Gasteiger charge is 2.34. The maximum Gasteiger partial charge on any atom is 0.225 e. The molecule has 0 bridgehead atoms. The number of piperidine rings is 1. The standard InChI is InChI=1S/C17H26N2O3S/c1-4-17(2,15-10-6-5-7-11-15)18-16(20)14-9-8-12-19(13-14)23(3,21)22/h5-7,10-11,14H,4,8-9,12-13H2,1-3H3,(H,18,20)/t14-,17-/m0/s1. The van der Waals surface area contributed by atoms with Crippen molar-refractivity contribution >= 4 is 15.9 Å². The number of hydrogen-bond donors (Lipinski definition) is 1. The Labute approximate surface area is 139 Å². The van der Waals surface area contributed by atoms with E-state index in [2.05, 4.69) is 5.32 Å². The molecule has 0 unspecified atom stereocenters. The Kier molecular flexibility index (Phi) is 5.47. The lowest BCUT2D eigenvalue weighted by Crippen LogP contribution is -2.50. The van der Waals surface area contributed by atoms with E-state index in [1.54, 1.807) is 0 Å². The summed E-state index contributed by atoms with van der Waals surface area (Å²) in [5.74, 6) is -0.348. The molecule has 1 fully saturated rings. The second kappa shape index (κ2) is 7.01. The third-order valence-electron chi connectivity index (χ3n) is 4.74. The van der Waals surface area contributed by atoms with Crippen LogP contribution in [-0.2, 0) is 20.4 Å². The Bertz CT molecular complexity index is 645. The first kappa shape index (κ1) is 17.9. The Morgan fingerprint density at radius 2 is 2.00 bits per heavy atom. The SMILES string of the molecule is CC[C@](C)(NC(=O)[C@H]1CCCN(S(C)(=O)=O)C1)c1ccccc1. The van der Waals surface area contributed by atoms with Gasteiger partial charge in [-0.15, -0.1) is 0 Å². The summed E-state index contributed by atoms with van der Waals surface area (Å²) in [6, 6.07) is 9.89. The van der Waals surface area contributed by atoms with Crippen LogP contribution in [0.5, 0.6) is 0 Å². The van der Waals surface area contributed by atoms with Crippen LogP contribution < -0.4 is 5.32 Å². The van der Waals surface area contributed by atoms with Gasteiger partial charge in [0.05, 0.1) is 17.7 Å². The van der Waals surface area contributed by atoms with E-state index < -0.39 is 15.6 Å². The lowest BCUT2D eigenvalue weighted by Gasteiger charge is -2.35. The average Bonchev–Trinajstić information content (AvgIpc) is 2.55. The molecule has 0 saturated carbocycles. The van der Waals surface area contributed by atoms with Crippen molar-refractivity contribution in [1.29, 1.82) is 0 Å². The van der Waals surface area contributed by atoms with Gasteiger partial charge in [-0.05, 0) is 31.7 Å². The van der Waals surface area contributed by atoms with Crippen molar-refractivity contribution < 1.29 is 13.2 Å². The highest BCUT2D eigenvalue weighted by atomic mass is 32.2. The van der Waals surface area contributed by atoms with Gasteiger partial charge in [0.25, 0.3) is 0 Å². The van der Waals surface area contributed by atoms with Crippen LogP contribution in [0.1, 0.15) is 38.7 Å². The number of hydrogen-bond acceptors (Lipinski definition) is 3. The number of amides is 1. The molecule has 1 aromatic rings. The van der Waals surface area contributed by atoms with Gasteiger partial charge in [-0.2, -0.15) is 0 Å². The smallest absolute Gasteiger partial charge is 0.225 e. The summed E-state index contributed by atoms with van der Waals surface area (Å²) in [6.07, 6.45) is 3.42. The van der Waals surface area contributed by atoms with Crippen LogP contribution in [0.3, 0.4) is 0 Å². The molecule has 1 heterocycles. The summed E-state index contributed by atoms with van der Waals surface area (Å²) >= 11 is 0. The number of carbonyl (C=O) groups is 1. The summed E-state index contributed by atoms with van der Waals surface area (Å²) in [5.41, 5.74) is 0.623. The number of rotatable bonds is 5. The maximum absolute atomic E-state index is 12.7. The number of benzene rings is 1. The lowest BCUT2D eigenvalue weighted by molar-refractivity contribution is -0.128. The van der Waals surface area contributed by atoms with E-state index in [-0.39, 0.29) is 18.4 Å². The number of sulfonamides is 1. The molecule has 6 heteroatoms. The quantitative estimate of drug-likeness (QED) is 0.894. The number of nitrogens with one attached hydrogen (secondary N) is 1. The first-order chi connectivity index (χ1) is 10.8. The molecule has 23 heavy (non-hydrogen) atoms. The molecule has 0 aromatic heterocycles. The molecule has 0 aliphatic carbocycles. The molecule has 2 rings (SSSR count). The Hall–Kier alpha value is -1.40. The second-order valence-electron chi connectivity index (χ2n) is 6.50. The van der Waals surface area contributed by atoms with Crippen molar-refractivity contribution in [3.8, 4) is 0 Å². The molecule has 1 saturated heterocycles. The van der Waals surface area contributed by atoms with Crippen LogP contribution in [0, 0.1) is 5.92 Å². The second-order valence-corrected chi connectivity index (χ2v) is 8.48. The summed E-state index contributed by atoms with van der Waals surface area (Å²) in [7, 11) is -3.24. The molecule has 5 nitrogen and oxygen atoms in total. The third kappa shape index (κ3) is 4.32. The summed E-state index contributed by atoms with van der Waals surface area (Å²) in [4.78, 5) is 12.7. The van der Waals surface area contributed by atoms with Crippen LogP contribution in [0.15, 0.2) is 30.3 Å². The Morgan fingerprint density at radius 1 is 1.35 bits per heavy atom. The van der Waals surface area contributed by atoms with Crippen molar-refractivity contribution in [3.05, 3.63) is 35.9 Å². The van der Waals surface area contributed by atoms with Crippen molar-refractivity contribution in [2.45, 2.75) is 38.6 Å². The van der Waals surface area contributed by atoms with Gasteiger partial charge < -0.3 is 5.32 Å². The summed E-state index contributed by atoms with van der Waals surface area (Å²) in [6.45, 7) is 4.83. The molecule has 1 amide bonds. The van der Waals surface area contributed by atoms with Crippen LogP contribution in [0.25, 0.3) is 0 Å². The van der Waals surface area contributed by atoms with Gasteiger partial charge in [0.1, 0.15) is 0 Å². The fourth-order valence-corrected chi connectivity index (χ4v) is 3.91. The molecule has 128 valence electrons. The Balaban J connectivity index is 2.11. The van der Waals surface area contributed by atoms with E-state index in [1.807, 2.05) is 44.2 Å². The maximum atomic E-state index is 12.7. The normalized spacial score (nSPS) is 22.3. The molecule has 0 spiro atoms. The fraction of sp³-hybridized carbons (Fsp3) is 0.588. The van der Waals surface area contributed by atoms with Gasteiger partial charge in [-0.1, -0.05) is 37.3 Å². The lowest BCUT2D eigenvalue weighted by atomic mass is 9.88. The van der Waals surface area contributed by atoms with Crippen molar-refractivity contribution in [2.75, 3.05) is 19.3 Å². The zero-order chi connectivity index (χ0) is 17.1. The van der Waals surface area contributed by atoms with Crippen LogP contribution in [0.4, 0.5) is 0 Å². The minimum atomic E-state index is -3.24. The predicted molar refractivity (Wildman–Crippen MR) is 91.4 cm³/mol. The first-order valence-electron chi connectivity index (χ1n) is 8.09. The van der Waals surface area contributed by atoms with E-state index in [9.17, 15) is 13.2 Å². The van der Waals surface area contributed by atoms with E-state index in [0.717, 1.165) is 24.8 Å². The predicted octanol–water partition coefficient (Wildman–Crippen LogP) is 2.10. The molecule has 1 N–H and O–H groups in total. The molecule has 1 aliphatic rings. The van der Waals surface area contributed by atoms with Crippen LogP contribution in [0.2, 0.25) is 0 Å². The van der Waals surface area contributed by atoms with E-state index in [4.69, 9.17) is 0 Å². The molecule has 2 atom stereocenters. The van der Waals surface area contributed by atoms with Crippen molar-refractivity contribution in [1.82, 2.24) is 9.62 Å². The summed E-state index contributed by atoms with van der Waals surface area (Å²) < 4.78 is 24.8. The highest BCUT2D eigenvalue weighted by Crippen LogP contribution is 2.26. The molecular weight excluding hydrogens is 312 g/mol. The molecule has 1 aromatic carbocycles. The van der Waals surface area contributed by atoms with Crippen LogP contribution >= 0.6 is 0 Å². The first-order valence-corrected chi connectivity index (χ1v) is 9.94. The van der Waals surface area contributed by atoms with Gasteiger partial charge in [-0.25, -0.2) is 12.7 Å². The van der Waals surface area contributed by atoms with Crippen LogP contribution in [-0.4, -0.2) is 38.0 Å². The average molecular weight is 338 g/mol. The minimum Gasteiger partial charge on any atom is -0.347 e. The monoisotopic (exact) mass is 338 g/mol. The van der Waals surface area contributed by atoms with E-state index in [1.165, 1.54) is 10.6 Å². The van der Waals surface area contributed by atoms with Gasteiger partial charge in [-0.3, -0.25) is 4.79 Å². The molecular formula is C17H26N2O3S. The van der Waals surface area contributed by atoms with Gasteiger partial charge in [0, 0.05) is 13.1 Å². The number of carbonyl (C=O) groups excluding carboxylic acids is 1. The fourth-order valence-electron chi connectivity index (χ4n) is 3.00. The summed E-state index contributed by atoms with van der Waals surface area (Å²) in [5, 5.41) is 3.14. The van der Waals surface area contributed by atoms with E-state index in [0.29, 0.717) is 6.54 Å². The Morgan fingerprint density at radius 3 is 2.57 bits per heavy atom. The van der Waals surface area contributed by atoms with E-state index >= 15 is 0 Å². The topological polar surface area (TPSA) is 66.5 Å². The highest BCUT2D eigenvalue weighted by molar-refractivity contribution is 7.88. The molecule has 0 radical (unpaired) electrons. The van der Waals surface area contributed by atoms with Gasteiger partial charge in [0.2, 0.25) is 15.9 Å². The van der Waals surface area contributed by atoms with Crippen molar-refractivity contribution in [3.63, 3.8) is 0 Å². The van der Waals surface area contributed by atoms with Crippen molar-refractivity contribution in [2.24, 2.45) is 5.92 Å². The van der Waals surface area contributed by atoms with Gasteiger partial charge >= 0.3 is 0 Å². The number of nitrogens with zero attached hydrogens (tertiary/aromatic N) is 1. The minimum absolute atomic E-state index is 0.0634. The molecule has 1 aliphatic heterocycles. The zero-order valence-electron chi connectivity index (χ0n) is 14.1. The zero-order valence-corrected chi connectivity index (χ0v) is 14.9. The third-order valence-corrected chi connectivity index (χ3v) is 6.01. The van der Waals surface area contributed by atoms with Gasteiger partial charge in [0.15, 0.2) is 0 Å².